The van der Waals surface area contributed by atoms with Crippen molar-refractivity contribution in [2.75, 3.05) is 18.4 Å². The molecule has 10 nitrogen and oxygen atoms in total. The molecule has 1 amide bonds. The third-order valence-electron chi connectivity index (χ3n) is 6.50. The van der Waals surface area contributed by atoms with Crippen molar-refractivity contribution in [3.05, 3.63) is 40.7 Å². The highest BCUT2D eigenvalue weighted by Gasteiger charge is 2.23. The van der Waals surface area contributed by atoms with E-state index in [1.807, 2.05) is 26.4 Å². The number of likely N-dealkylation sites (tertiary alicyclic amines) is 1. The lowest BCUT2D eigenvalue weighted by Crippen LogP contribution is -2.35. The number of aromatic amines is 1. The maximum atomic E-state index is 13.0. The van der Waals surface area contributed by atoms with Crippen molar-refractivity contribution in [3.63, 3.8) is 0 Å². The van der Waals surface area contributed by atoms with Crippen LogP contribution in [0.25, 0.3) is 37.2 Å². The molecule has 0 aliphatic carbocycles. The van der Waals surface area contributed by atoms with Crippen molar-refractivity contribution in [2.24, 2.45) is 7.05 Å². The van der Waals surface area contributed by atoms with Gasteiger partial charge >= 0.3 is 0 Å². The summed E-state index contributed by atoms with van der Waals surface area (Å²) in [7, 11) is 1.89. The van der Waals surface area contributed by atoms with Gasteiger partial charge in [-0.15, -0.1) is 11.3 Å². The number of pyridine rings is 2. The Morgan fingerprint density at radius 3 is 2.88 bits per heavy atom. The van der Waals surface area contributed by atoms with E-state index in [1.165, 1.54) is 11.3 Å². The minimum absolute atomic E-state index is 0.0842. The number of amides is 1. The van der Waals surface area contributed by atoms with E-state index in [1.54, 1.807) is 21.5 Å². The topological polar surface area (TPSA) is 113 Å². The number of fused-ring (bicyclic) bond motifs is 5. The summed E-state index contributed by atoms with van der Waals surface area (Å²) in [4.78, 5) is 37.0. The van der Waals surface area contributed by atoms with Crippen LogP contribution in [0, 0.1) is 6.92 Å². The van der Waals surface area contributed by atoms with Crippen LogP contribution >= 0.6 is 11.3 Å². The molecular formula is C23H24N8O2S. The van der Waals surface area contributed by atoms with Crippen molar-refractivity contribution in [1.29, 1.82) is 0 Å². The summed E-state index contributed by atoms with van der Waals surface area (Å²) in [6.45, 7) is 5.40. The standard InChI is InChI=1S/C23H24N8O2S/c1-12-5-4-6-30(12)11-18(32)25-14-7-16-20(24-8-14)21-19(22(33)26-16)23-31(28-21)10-17(34-23)15-9-29(3)27-13(15)2/h7-10,12H,4-6,11H2,1-3H3,(H,25,32)(H,26,33)/t12-/m0/s1. The van der Waals surface area contributed by atoms with Crippen LogP contribution in [-0.2, 0) is 11.8 Å². The molecule has 34 heavy (non-hydrogen) atoms. The van der Waals surface area contributed by atoms with Gasteiger partial charge in [-0.1, -0.05) is 0 Å². The molecule has 5 aromatic rings. The quantitative estimate of drug-likeness (QED) is 0.412. The first-order valence-corrected chi connectivity index (χ1v) is 12.1. The van der Waals surface area contributed by atoms with Gasteiger partial charge in [-0.2, -0.15) is 10.2 Å². The van der Waals surface area contributed by atoms with Crippen LogP contribution in [0.3, 0.4) is 0 Å². The van der Waals surface area contributed by atoms with E-state index in [0.717, 1.165) is 40.4 Å². The van der Waals surface area contributed by atoms with Gasteiger partial charge in [-0.25, -0.2) is 4.52 Å². The predicted molar refractivity (Wildman–Crippen MR) is 132 cm³/mol. The molecule has 0 unspecified atom stereocenters. The van der Waals surface area contributed by atoms with Gasteiger partial charge in [0.05, 0.1) is 34.5 Å². The van der Waals surface area contributed by atoms with Gasteiger partial charge in [0.15, 0.2) is 0 Å². The molecule has 5 aromatic heterocycles. The molecule has 1 atom stereocenters. The number of nitrogens with one attached hydrogen (secondary N) is 2. The highest BCUT2D eigenvalue weighted by Crippen LogP contribution is 2.34. The zero-order chi connectivity index (χ0) is 23.6. The molecule has 6 heterocycles. The molecule has 0 bridgehead atoms. The van der Waals surface area contributed by atoms with Crippen molar-refractivity contribution in [1.82, 2.24) is 34.3 Å². The average molecular weight is 477 g/mol. The molecule has 0 saturated carbocycles. The fourth-order valence-corrected chi connectivity index (χ4v) is 5.95. The number of H-pyrrole nitrogens is 1. The van der Waals surface area contributed by atoms with E-state index in [-0.39, 0.29) is 11.5 Å². The minimum atomic E-state index is -0.232. The van der Waals surface area contributed by atoms with Crippen molar-refractivity contribution < 1.29 is 4.79 Å². The summed E-state index contributed by atoms with van der Waals surface area (Å²) in [6, 6.07) is 2.16. The molecular weight excluding hydrogens is 452 g/mol. The predicted octanol–water partition coefficient (Wildman–Crippen LogP) is 2.92. The number of hydrogen-bond acceptors (Lipinski definition) is 7. The number of anilines is 1. The fraction of sp³-hybridized carbons (Fsp3) is 0.348. The van der Waals surface area contributed by atoms with Gasteiger partial charge in [-0.05, 0) is 39.3 Å². The van der Waals surface area contributed by atoms with Crippen LogP contribution in [0.4, 0.5) is 5.69 Å². The first-order valence-electron chi connectivity index (χ1n) is 11.3. The minimum Gasteiger partial charge on any atom is -0.324 e. The largest absolute Gasteiger partial charge is 0.324 e. The second-order valence-electron chi connectivity index (χ2n) is 8.95. The molecule has 1 aliphatic rings. The number of hydrogen-bond donors (Lipinski definition) is 2. The Morgan fingerprint density at radius 2 is 2.15 bits per heavy atom. The lowest BCUT2D eigenvalue weighted by molar-refractivity contribution is -0.117. The van der Waals surface area contributed by atoms with Crippen LogP contribution in [-0.4, -0.2) is 59.3 Å². The molecule has 0 spiro atoms. The molecule has 1 fully saturated rings. The summed E-state index contributed by atoms with van der Waals surface area (Å²) in [5.74, 6) is -0.0842. The fourth-order valence-electron chi connectivity index (χ4n) is 4.80. The molecule has 11 heteroatoms. The first-order chi connectivity index (χ1) is 16.4. The second-order valence-corrected chi connectivity index (χ2v) is 9.99. The smallest absolute Gasteiger partial charge is 0.261 e. The van der Waals surface area contributed by atoms with Crippen LogP contribution < -0.4 is 10.9 Å². The molecule has 6 rings (SSSR count). The zero-order valence-electron chi connectivity index (χ0n) is 19.1. The van der Waals surface area contributed by atoms with Crippen molar-refractivity contribution in [2.45, 2.75) is 32.7 Å². The third kappa shape index (κ3) is 3.39. The summed E-state index contributed by atoms with van der Waals surface area (Å²) >= 11 is 1.50. The zero-order valence-corrected chi connectivity index (χ0v) is 19.9. The molecule has 0 aromatic carbocycles. The third-order valence-corrected chi connectivity index (χ3v) is 7.63. The maximum Gasteiger partial charge on any atom is 0.261 e. The van der Waals surface area contributed by atoms with E-state index >= 15 is 0 Å². The van der Waals surface area contributed by atoms with E-state index in [9.17, 15) is 9.59 Å². The number of carbonyl (C=O) groups excluding carboxylic acids is 1. The van der Waals surface area contributed by atoms with Crippen molar-refractivity contribution >= 4 is 49.7 Å². The molecule has 174 valence electrons. The number of rotatable bonds is 4. The number of aromatic nitrogens is 6. The van der Waals surface area contributed by atoms with Gasteiger partial charge < -0.3 is 10.3 Å². The highest BCUT2D eigenvalue weighted by atomic mass is 32.1. The Labute approximate surface area is 198 Å². The summed E-state index contributed by atoms with van der Waals surface area (Å²) in [5, 5.41) is 12.5. The van der Waals surface area contributed by atoms with E-state index < -0.39 is 0 Å². The summed E-state index contributed by atoms with van der Waals surface area (Å²) in [5.41, 5.74) is 3.94. The molecule has 1 saturated heterocycles. The summed E-state index contributed by atoms with van der Waals surface area (Å²) < 4.78 is 3.51. The Bertz CT molecular complexity index is 1640. The maximum absolute atomic E-state index is 13.0. The normalized spacial score (nSPS) is 16.9. The highest BCUT2D eigenvalue weighted by molar-refractivity contribution is 7.21. The van der Waals surface area contributed by atoms with Crippen LogP contribution in [0.1, 0.15) is 25.5 Å². The summed E-state index contributed by atoms with van der Waals surface area (Å²) in [6.07, 6.45) is 7.73. The Morgan fingerprint density at radius 1 is 1.29 bits per heavy atom. The van der Waals surface area contributed by atoms with E-state index in [0.29, 0.717) is 40.2 Å². The number of carbonyl (C=O) groups is 1. The lowest BCUT2D eigenvalue weighted by Gasteiger charge is -2.20. The monoisotopic (exact) mass is 476 g/mol. The first kappa shape index (κ1) is 21.0. The Balaban J connectivity index is 1.36. The van der Waals surface area contributed by atoms with Crippen LogP contribution in [0.2, 0.25) is 0 Å². The van der Waals surface area contributed by atoms with Crippen molar-refractivity contribution in [3.8, 4) is 10.4 Å². The molecule has 0 radical (unpaired) electrons. The molecule has 2 N–H and O–H groups in total. The number of aryl methyl sites for hydroxylation is 2. The van der Waals surface area contributed by atoms with Gasteiger partial charge in [0, 0.05) is 31.0 Å². The number of nitrogens with zero attached hydrogens (tertiary/aromatic N) is 6. The SMILES string of the molecule is Cc1nn(C)cc1-c1cn2nc3c4ncc(NC(=O)CN5CCC[C@@H]5C)cc4[nH]c(=O)c3c2s1. The van der Waals surface area contributed by atoms with Gasteiger partial charge in [0.2, 0.25) is 5.91 Å². The average Bonchev–Trinajstić information content (AvgIpc) is 3.52. The van der Waals surface area contributed by atoms with E-state index in [4.69, 9.17) is 0 Å². The van der Waals surface area contributed by atoms with Gasteiger partial charge in [0.1, 0.15) is 21.3 Å². The second kappa shape index (κ2) is 7.74. The number of thiazole rings is 1. The van der Waals surface area contributed by atoms with Gasteiger partial charge in [0.25, 0.3) is 5.56 Å². The molecule has 1 aliphatic heterocycles. The van der Waals surface area contributed by atoms with Crippen LogP contribution in [0.5, 0.6) is 0 Å². The Kier molecular flexibility index (Phi) is 4.78. The Hall–Kier alpha value is -3.57. The van der Waals surface area contributed by atoms with Gasteiger partial charge in [-0.3, -0.25) is 24.2 Å². The van der Waals surface area contributed by atoms with Crippen LogP contribution in [0.15, 0.2) is 29.5 Å². The lowest BCUT2D eigenvalue weighted by atomic mass is 10.2. The van der Waals surface area contributed by atoms with E-state index in [2.05, 4.69) is 37.3 Å².